The Morgan fingerprint density at radius 3 is 2.60 bits per heavy atom. The first-order valence-corrected chi connectivity index (χ1v) is 7.84. The van der Waals surface area contributed by atoms with E-state index in [1.54, 1.807) is 29.2 Å². The Labute approximate surface area is 144 Å². The van der Waals surface area contributed by atoms with E-state index in [1.807, 2.05) is 0 Å². The van der Waals surface area contributed by atoms with Gasteiger partial charge in [-0.25, -0.2) is 4.39 Å². The highest BCUT2D eigenvalue weighted by molar-refractivity contribution is 5.97. The summed E-state index contributed by atoms with van der Waals surface area (Å²) in [5.74, 6) is -2.00. The Hall–Kier alpha value is -2.96. The molecule has 25 heavy (non-hydrogen) atoms. The number of nitrogens with two attached hydrogens (primary N) is 1. The number of benzene rings is 1. The van der Waals surface area contributed by atoms with Gasteiger partial charge >= 0.3 is 5.97 Å². The molecule has 1 aliphatic heterocycles. The number of aromatic nitrogens is 1. The average molecular weight is 343 g/mol. The number of hydrogen-bond acceptors (Lipinski definition) is 5. The number of pyridine rings is 1. The molecular formula is C18H18FN3O3. The van der Waals surface area contributed by atoms with Gasteiger partial charge in [-0.3, -0.25) is 14.6 Å². The highest BCUT2D eigenvalue weighted by Gasteiger charge is 2.41. The number of esters is 1. The van der Waals surface area contributed by atoms with Crippen LogP contribution in [0.15, 0.2) is 42.6 Å². The molecule has 1 aliphatic rings. The first-order valence-electron chi connectivity index (χ1n) is 7.84. The summed E-state index contributed by atoms with van der Waals surface area (Å²) >= 11 is 0. The maximum absolute atomic E-state index is 13.2. The summed E-state index contributed by atoms with van der Waals surface area (Å²) in [7, 11) is 1.30. The van der Waals surface area contributed by atoms with Crippen molar-refractivity contribution in [1.29, 1.82) is 0 Å². The number of rotatable bonds is 3. The minimum atomic E-state index is -0.620. The molecule has 0 saturated carbocycles. The van der Waals surface area contributed by atoms with Crippen LogP contribution in [0, 0.1) is 11.7 Å². The van der Waals surface area contributed by atoms with E-state index >= 15 is 0 Å². The van der Waals surface area contributed by atoms with Crippen molar-refractivity contribution in [2.75, 3.05) is 24.3 Å². The third-order valence-electron chi connectivity index (χ3n) is 4.39. The van der Waals surface area contributed by atoms with Gasteiger partial charge in [0.1, 0.15) is 5.82 Å². The summed E-state index contributed by atoms with van der Waals surface area (Å²) in [5.41, 5.74) is 7.43. The second kappa shape index (κ2) is 6.88. The Balaban J connectivity index is 1.95. The van der Waals surface area contributed by atoms with Crippen LogP contribution >= 0.6 is 0 Å². The molecule has 1 fully saturated rings. The maximum Gasteiger partial charge on any atom is 0.309 e. The summed E-state index contributed by atoms with van der Waals surface area (Å²) < 4.78 is 18.0. The van der Waals surface area contributed by atoms with Gasteiger partial charge in [0.25, 0.3) is 0 Å². The molecule has 2 aromatic rings. The van der Waals surface area contributed by atoms with Crippen molar-refractivity contribution in [2.24, 2.45) is 5.92 Å². The van der Waals surface area contributed by atoms with Gasteiger partial charge in [-0.2, -0.15) is 0 Å². The number of carbonyl (C=O) groups is 2. The molecule has 2 N–H and O–H groups in total. The van der Waals surface area contributed by atoms with Crippen LogP contribution in [-0.2, 0) is 14.3 Å². The van der Waals surface area contributed by atoms with Gasteiger partial charge in [0, 0.05) is 30.3 Å². The minimum absolute atomic E-state index is 0.000767. The Morgan fingerprint density at radius 1 is 1.28 bits per heavy atom. The van der Waals surface area contributed by atoms with Crippen molar-refractivity contribution in [3.63, 3.8) is 0 Å². The van der Waals surface area contributed by atoms with Crippen LogP contribution in [-0.4, -0.2) is 30.5 Å². The molecule has 2 unspecified atom stereocenters. The van der Waals surface area contributed by atoms with E-state index in [4.69, 9.17) is 10.5 Å². The second-order valence-electron chi connectivity index (χ2n) is 5.94. The van der Waals surface area contributed by atoms with E-state index in [0.717, 1.165) is 0 Å². The van der Waals surface area contributed by atoms with Crippen LogP contribution in [0.1, 0.15) is 18.0 Å². The van der Waals surface area contributed by atoms with E-state index in [0.29, 0.717) is 17.1 Å². The number of anilines is 2. The lowest BCUT2D eigenvalue weighted by Gasteiger charge is -2.36. The fraction of sp³-hybridized carbons (Fsp3) is 0.278. The molecule has 0 bridgehead atoms. The molecule has 130 valence electrons. The molecule has 0 aliphatic carbocycles. The van der Waals surface area contributed by atoms with Crippen molar-refractivity contribution in [3.05, 3.63) is 54.1 Å². The summed E-state index contributed by atoms with van der Waals surface area (Å²) in [5, 5.41) is 0. The van der Waals surface area contributed by atoms with Gasteiger partial charge in [0.2, 0.25) is 5.91 Å². The lowest BCUT2D eigenvalue weighted by atomic mass is 9.82. The Morgan fingerprint density at radius 2 is 2.00 bits per heavy atom. The normalized spacial score (nSPS) is 20.4. The number of nitrogen functional groups attached to an aromatic ring is 1. The van der Waals surface area contributed by atoms with E-state index < -0.39 is 11.9 Å². The van der Waals surface area contributed by atoms with Crippen LogP contribution < -0.4 is 10.6 Å². The van der Waals surface area contributed by atoms with Crippen molar-refractivity contribution in [3.8, 4) is 0 Å². The Bertz CT molecular complexity index is 777. The van der Waals surface area contributed by atoms with Gasteiger partial charge in [0.05, 0.1) is 24.9 Å². The zero-order valence-electron chi connectivity index (χ0n) is 13.7. The van der Waals surface area contributed by atoms with Crippen molar-refractivity contribution in [1.82, 2.24) is 4.98 Å². The number of piperidine rings is 1. The number of hydrogen-bond donors (Lipinski definition) is 1. The van der Waals surface area contributed by atoms with E-state index in [-0.39, 0.29) is 30.6 Å². The third kappa shape index (κ3) is 3.45. The lowest BCUT2D eigenvalue weighted by molar-refractivity contribution is -0.149. The quantitative estimate of drug-likeness (QED) is 0.863. The molecule has 2 heterocycles. The largest absolute Gasteiger partial charge is 0.469 e. The molecule has 1 amide bonds. The first kappa shape index (κ1) is 16.9. The SMILES string of the molecule is COC(=O)C1CC(=O)N(c2ccc(F)cc2)CC1c1ccc(N)cn1. The molecule has 1 aromatic carbocycles. The first-order chi connectivity index (χ1) is 12.0. The zero-order valence-corrected chi connectivity index (χ0v) is 13.7. The monoisotopic (exact) mass is 343 g/mol. The molecule has 3 rings (SSSR count). The van der Waals surface area contributed by atoms with Crippen LogP contribution in [0.2, 0.25) is 0 Å². The number of amides is 1. The third-order valence-corrected chi connectivity index (χ3v) is 4.39. The highest BCUT2D eigenvalue weighted by atomic mass is 19.1. The van der Waals surface area contributed by atoms with Crippen molar-refractivity contribution >= 4 is 23.3 Å². The number of halogens is 1. The van der Waals surface area contributed by atoms with Crippen LogP contribution in [0.3, 0.4) is 0 Å². The topological polar surface area (TPSA) is 85.5 Å². The number of carbonyl (C=O) groups excluding carboxylic acids is 2. The molecule has 0 spiro atoms. The standard InChI is InChI=1S/C18H18FN3O3/c1-25-18(24)14-8-17(23)22(13-5-2-11(19)3-6-13)10-15(14)16-7-4-12(20)9-21-16/h2-7,9,14-15H,8,10,20H2,1H3. The summed E-state index contributed by atoms with van der Waals surface area (Å²) in [6, 6.07) is 9.12. The molecule has 1 aromatic heterocycles. The van der Waals surface area contributed by atoms with Gasteiger partial charge in [-0.05, 0) is 36.4 Å². The molecule has 7 heteroatoms. The highest BCUT2D eigenvalue weighted by Crippen LogP contribution is 2.35. The molecule has 6 nitrogen and oxygen atoms in total. The minimum Gasteiger partial charge on any atom is -0.469 e. The van der Waals surface area contributed by atoms with Crippen LogP contribution in [0.4, 0.5) is 15.8 Å². The van der Waals surface area contributed by atoms with Crippen molar-refractivity contribution in [2.45, 2.75) is 12.3 Å². The molecular weight excluding hydrogens is 325 g/mol. The van der Waals surface area contributed by atoms with Crippen LogP contribution in [0.25, 0.3) is 0 Å². The molecule has 2 atom stereocenters. The fourth-order valence-electron chi connectivity index (χ4n) is 3.07. The maximum atomic E-state index is 13.2. The van der Waals surface area contributed by atoms with Crippen LogP contribution in [0.5, 0.6) is 0 Å². The summed E-state index contributed by atoms with van der Waals surface area (Å²) in [6.45, 7) is 0.251. The second-order valence-corrected chi connectivity index (χ2v) is 5.94. The summed E-state index contributed by atoms with van der Waals surface area (Å²) in [6.07, 6.45) is 1.52. The Kier molecular flexibility index (Phi) is 4.65. The van der Waals surface area contributed by atoms with Gasteiger partial charge in [0.15, 0.2) is 0 Å². The molecule has 1 saturated heterocycles. The van der Waals surface area contributed by atoms with Crippen molar-refractivity contribution < 1.29 is 18.7 Å². The van der Waals surface area contributed by atoms with E-state index in [2.05, 4.69) is 4.98 Å². The lowest BCUT2D eigenvalue weighted by Crippen LogP contribution is -2.46. The van der Waals surface area contributed by atoms with Gasteiger partial charge < -0.3 is 15.4 Å². The fourth-order valence-corrected chi connectivity index (χ4v) is 3.07. The predicted molar refractivity (Wildman–Crippen MR) is 90.3 cm³/mol. The van der Waals surface area contributed by atoms with E-state index in [1.165, 1.54) is 25.4 Å². The number of ether oxygens (including phenoxy) is 1. The van der Waals surface area contributed by atoms with Gasteiger partial charge in [-0.1, -0.05) is 0 Å². The number of methoxy groups -OCH3 is 1. The average Bonchev–Trinajstić information content (AvgIpc) is 2.62. The van der Waals surface area contributed by atoms with E-state index in [9.17, 15) is 14.0 Å². The predicted octanol–water partition coefficient (Wildman–Crippen LogP) is 2.11. The zero-order chi connectivity index (χ0) is 18.0. The van der Waals surface area contributed by atoms with Gasteiger partial charge in [-0.15, -0.1) is 0 Å². The number of nitrogens with zero attached hydrogens (tertiary/aromatic N) is 2. The summed E-state index contributed by atoms with van der Waals surface area (Å²) in [4.78, 5) is 30.5. The molecule has 0 radical (unpaired) electrons. The smallest absolute Gasteiger partial charge is 0.309 e.